The largest absolute Gasteiger partial charge is 0.497 e. The van der Waals surface area contributed by atoms with Crippen molar-refractivity contribution in [3.8, 4) is 17.2 Å². The summed E-state index contributed by atoms with van der Waals surface area (Å²) in [6, 6.07) is 12.2. The number of hydrogen-bond acceptors (Lipinski definition) is 7. The van der Waals surface area contributed by atoms with Gasteiger partial charge in [0.2, 0.25) is 6.10 Å². The van der Waals surface area contributed by atoms with Crippen LogP contribution in [0, 0.1) is 0 Å². The van der Waals surface area contributed by atoms with Gasteiger partial charge in [-0.15, -0.1) is 0 Å². The molecule has 0 saturated heterocycles. The first-order valence-electron chi connectivity index (χ1n) is 9.20. The SMILES string of the molecule is CCOC(=O)[C@H]1Oc2c(c(=O)oc3ccccc23)[C@@H]1c1cc(OC)ccc1OC. The smallest absolute Gasteiger partial charge is 0.348 e. The fourth-order valence-electron chi connectivity index (χ4n) is 3.69. The summed E-state index contributed by atoms with van der Waals surface area (Å²) in [4.78, 5) is 25.7. The molecule has 150 valence electrons. The lowest BCUT2D eigenvalue weighted by molar-refractivity contribution is -0.151. The van der Waals surface area contributed by atoms with E-state index < -0.39 is 23.6 Å². The van der Waals surface area contributed by atoms with Gasteiger partial charge in [-0.2, -0.15) is 0 Å². The first kappa shape index (κ1) is 18.9. The minimum absolute atomic E-state index is 0.187. The molecule has 0 N–H and O–H groups in total. The zero-order valence-corrected chi connectivity index (χ0v) is 16.3. The monoisotopic (exact) mass is 396 g/mol. The molecule has 0 radical (unpaired) electrons. The summed E-state index contributed by atoms with van der Waals surface area (Å²) in [6.07, 6.45) is -1.06. The van der Waals surface area contributed by atoms with Crippen molar-refractivity contribution in [2.45, 2.75) is 18.9 Å². The first-order chi connectivity index (χ1) is 14.1. The van der Waals surface area contributed by atoms with Gasteiger partial charge in [0.15, 0.2) is 0 Å². The van der Waals surface area contributed by atoms with E-state index in [9.17, 15) is 9.59 Å². The Morgan fingerprint density at radius 3 is 2.62 bits per heavy atom. The van der Waals surface area contributed by atoms with Crippen LogP contribution in [0.15, 0.2) is 51.7 Å². The number of benzene rings is 2. The number of ether oxygens (including phenoxy) is 4. The third-order valence-electron chi connectivity index (χ3n) is 4.95. The van der Waals surface area contributed by atoms with Gasteiger partial charge in [-0.3, -0.25) is 0 Å². The van der Waals surface area contributed by atoms with Crippen LogP contribution >= 0.6 is 0 Å². The van der Waals surface area contributed by atoms with Crippen molar-refractivity contribution in [1.29, 1.82) is 0 Å². The van der Waals surface area contributed by atoms with Gasteiger partial charge in [0.05, 0.1) is 37.7 Å². The fourth-order valence-corrected chi connectivity index (χ4v) is 3.69. The molecule has 0 saturated carbocycles. The highest BCUT2D eigenvalue weighted by atomic mass is 16.6. The number of carbonyl (C=O) groups is 1. The van der Waals surface area contributed by atoms with Crippen LogP contribution in [-0.2, 0) is 9.53 Å². The van der Waals surface area contributed by atoms with Gasteiger partial charge >= 0.3 is 11.6 Å². The molecular weight excluding hydrogens is 376 g/mol. The zero-order valence-electron chi connectivity index (χ0n) is 16.3. The summed E-state index contributed by atoms with van der Waals surface area (Å²) in [5.74, 6) is 0.0397. The Labute approximate surface area is 166 Å². The molecule has 3 aromatic rings. The Morgan fingerprint density at radius 1 is 1.10 bits per heavy atom. The average molecular weight is 396 g/mol. The number of hydrogen-bond donors (Lipinski definition) is 0. The van der Waals surface area contributed by atoms with Crippen molar-refractivity contribution in [2.75, 3.05) is 20.8 Å². The highest BCUT2D eigenvalue weighted by molar-refractivity contribution is 5.88. The van der Waals surface area contributed by atoms with Gasteiger partial charge in [0, 0.05) is 5.56 Å². The van der Waals surface area contributed by atoms with Crippen LogP contribution in [0.2, 0.25) is 0 Å². The van der Waals surface area contributed by atoms with Crippen molar-refractivity contribution in [3.05, 3.63) is 64.0 Å². The van der Waals surface area contributed by atoms with Crippen LogP contribution in [0.4, 0.5) is 0 Å². The van der Waals surface area contributed by atoms with Crippen molar-refractivity contribution in [1.82, 2.24) is 0 Å². The van der Waals surface area contributed by atoms with E-state index >= 15 is 0 Å². The Kier molecular flexibility index (Phi) is 4.88. The molecule has 4 rings (SSSR count). The Bertz CT molecular complexity index is 1130. The molecule has 0 bridgehead atoms. The van der Waals surface area contributed by atoms with Gasteiger partial charge < -0.3 is 23.4 Å². The van der Waals surface area contributed by atoms with Crippen molar-refractivity contribution < 1.29 is 28.2 Å². The highest BCUT2D eigenvalue weighted by Crippen LogP contribution is 2.47. The molecule has 0 unspecified atom stereocenters. The van der Waals surface area contributed by atoms with E-state index in [0.29, 0.717) is 33.8 Å². The molecule has 1 aliphatic heterocycles. The second-order valence-electron chi connectivity index (χ2n) is 6.50. The molecule has 0 spiro atoms. The third kappa shape index (κ3) is 3.08. The predicted molar refractivity (Wildman–Crippen MR) is 105 cm³/mol. The van der Waals surface area contributed by atoms with Gasteiger partial charge in [-0.25, -0.2) is 9.59 Å². The standard InChI is InChI=1S/C22H20O7/c1-4-27-22(24)20-17(14-11-12(25-2)9-10-15(14)26-3)18-19(29-20)13-7-5-6-8-16(13)28-21(18)23/h5-11,17,20H,4H2,1-3H3/t17-,20-/m0/s1. The van der Waals surface area contributed by atoms with Gasteiger partial charge in [-0.1, -0.05) is 12.1 Å². The second kappa shape index (κ2) is 7.50. The number of rotatable bonds is 5. The van der Waals surface area contributed by atoms with Gasteiger partial charge in [-0.05, 0) is 37.3 Å². The van der Waals surface area contributed by atoms with E-state index in [4.69, 9.17) is 23.4 Å². The number of carbonyl (C=O) groups excluding carboxylic acids is 1. The number of methoxy groups -OCH3 is 2. The molecule has 0 aliphatic carbocycles. The highest BCUT2D eigenvalue weighted by Gasteiger charge is 2.46. The van der Waals surface area contributed by atoms with E-state index in [2.05, 4.69) is 0 Å². The first-order valence-corrected chi connectivity index (χ1v) is 9.20. The fraction of sp³-hybridized carbons (Fsp3) is 0.273. The summed E-state index contributed by atoms with van der Waals surface area (Å²) in [7, 11) is 3.06. The summed E-state index contributed by atoms with van der Waals surface area (Å²) < 4.78 is 27.6. The van der Waals surface area contributed by atoms with Crippen molar-refractivity contribution in [2.24, 2.45) is 0 Å². The topological polar surface area (TPSA) is 84.2 Å². The molecule has 2 aromatic carbocycles. The maximum absolute atomic E-state index is 12.9. The number of fused-ring (bicyclic) bond motifs is 3. The van der Waals surface area contributed by atoms with Gasteiger partial charge in [0.1, 0.15) is 22.8 Å². The van der Waals surface area contributed by atoms with E-state index in [-0.39, 0.29) is 12.2 Å². The van der Waals surface area contributed by atoms with Crippen LogP contribution in [0.1, 0.15) is 24.0 Å². The van der Waals surface area contributed by atoms with E-state index in [1.54, 1.807) is 43.3 Å². The van der Waals surface area contributed by atoms with Crippen LogP contribution in [-0.4, -0.2) is 32.9 Å². The quantitative estimate of drug-likeness (QED) is 0.483. The molecule has 0 fully saturated rings. The predicted octanol–water partition coefficient (Wildman–Crippen LogP) is 3.27. The molecule has 0 amide bonds. The van der Waals surface area contributed by atoms with E-state index in [1.807, 2.05) is 6.07 Å². The molecular formula is C22H20O7. The maximum atomic E-state index is 12.9. The Hall–Kier alpha value is -3.48. The Balaban J connectivity index is 1.99. The molecule has 2 heterocycles. The zero-order chi connectivity index (χ0) is 20.5. The minimum atomic E-state index is -1.06. The molecule has 1 aromatic heterocycles. The third-order valence-corrected chi connectivity index (χ3v) is 4.95. The lowest BCUT2D eigenvalue weighted by Crippen LogP contribution is -2.32. The summed E-state index contributed by atoms with van der Waals surface area (Å²) >= 11 is 0. The minimum Gasteiger partial charge on any atom is -0.497 e. The summed E-state index contributed by atoms with van der Waals surface area (Å²) in [5, 5.41) is 0.612. The lowest BCUT2D eigenvalue weighted by atomic mass is 9.87. The lowest BCUT2D eigenvalue weighted by Gasteiger charge is -2.20. The van der Waals surface area contributed by atoms with Crippen LogP contribution < -0.4 is 19.8 Å². The van der Waals surface area contributed by atoms with Crippen LogP contribution in [0.5, 0.6) is 17.2 Å². The molecule has 1 aliphatic rings. The number of esters is 1. The number of para-hydroxylation sites is 1. The molecule has 2 atom stereocenters. The Morgan fingerprint density at radius 2 is 1.90 bits per heavy atom. The van der Waals surface area contributed by atoms with Crippen LogP contribution in [0.3, 0.4) is 0 Å². The van der Waals surface area contributed by atoms with Crippen molar-refractivity contribution >= 4 is 16.9 Å². The second-order valence-corrected chi connectivity index (χ2v) is 6.50. The van der Waals surface area contributed by atoms with E-state index in [0.717, 1.165) is 0 Å². The van der Waals surface area contributed by atoms with Crippen molar-refractivity contribution in [3.63, 3.8) is 0 Å². The van der Waals surface area contributed by atoms with Crippen LogP contribution in [0.25, 0.3) is 11.0 Å². The summed E-state index contributed by atoms with van der Waals surface area (Å²) in [5.41, 5.74) is 0.650. The van der Waals surface area contributed by atoms with Gasteiger partial charge in [0.25, 0.3) is 0 Å². The molecule has 7 heteroatoms. The molecule has 7 nitrogen and oxygen atoms in total. The summed E-state index contributed by atoms with van der Waals surface area (Å²) in [6.45, 7) is 1.90. The average Bonchev–Trinajstić information content (AvgIpc) is 3.15. The maximum Gasteiger partial charge on any atom is 0.348 e. The normalized spacial score (nSPS) is 17.5. The van der Waals surface area contributed by atoms with E-state index in [1.165, 1.54) is 14.2 Å². The molecule has 29 heavy (non-hydrogen) atoms.